The highest BCUT2D eigenvalue weighted by atomic mass is 19.4. The van der Waals surface area contributed by atoms with E-state index in [2.05, 4.69) is 16.8 Å². The molecule has 3 aromatic rings. The molecule has 0 spiro atoms. The van der Waals surface area contributed by atoms with Crippen molar-refractivity contribution in [1.82, 2.24) is 9.88 Å². The Morgan fingerprint density at radius 1 is 0.909 bits per heavy atom. The van der Waals surface area contributed by atoms with E-state index in [1.807, 2.05) is 6.07 Å². The lowest BCUT2D eigenvalue weighted by Gasteiger charge is -2.15. The van der Waals surface area contributed by atoms with E-state index < -0.39 is 23.6 Å². The second-order valence-corrected chi connectivity index (χ2v) is 7.23. The molecule has 2 N–H and O–H groups in total. The molecular formula is C25H16F3N3O2. The van der Waals surface area contributed by atoms with Crippen LogP contribution < -0.4 is 5.73 Å². The van der Waals surface area contributed by atoms with Gasteiger partial charge in [0.05, 0.1) is 17.7 Å². The fourth-order valence-electron chi connectivity index (χ4n) is 3.36. The number of pyridine rings is 1. The number of nitrogens with zero attached hydrogens (tertiary/aromatic N) is 2. The highest BCUT2D eigenvalue weighted by Crippen LogP contribution is 2.34. The number of carbonyl (C=O) groups excluding carboxylic acids is 2. The smallest absolute Gasteiger partial charge is 0.384 e. The van der Waals surface area contributed by atoms with Gasteiger partial charge < -0.3 is 5.73 Å². The summed E-state index contributed by atoms with van der Waals surface area (Å²) in [5, 5.41) is 0. The Morgan fingerprint density at radius 3 is 2.24 bits per heavy atom. The van der Waals surface area contributed by atoms with Gasteiger partial charge in [0.2, 0.25) is 0 Å². The lowest BCUT2D eigenvalue weighted by molar-refractivity contribution is -0.138. The summed E-state index contributed by atoms with van der Waals surface area (Å²) in [5.41, 5.74) is 6.08. The molecule has 0 saturated carbocycles. The van der Waals surface area contributed by atoms with Crippen LogP contribution in [0.2, 0.25) is 0 Å². The number of imide groups is 1. The fourth-order valence-corrected chi connectivity index (χ4v) is 3.36. The molecule has 2 heterocycles. The summed E-state index contributed by atoms with van der Waals surface area (Å²) >= 11 is 0. The van der Waals surface area contributed by atoms with E-state index in [1.165, 1.54) is 24.4 Å². The van der Waals surface area contributed by atoms with Crippen molar-refractivity contribution >= 4 is 23.2 Å². The normalized spacial score (nSPS) is 13.8. The molecule has 0 radical (unpaired) electrons. The van der Waals surface area contributed by atoms with Crippen LogP contribution in [0.4, 0.5) is 19.0 Å². The Morgan fingerprint density at radius 2 is 1.61 bits per heavy atom. The number of anilines is 1. The number of rotatable bonds is 3. The Hall–Kier alpha value is -4.38. The number of nitrogen functional groups attached to an aromatic ring is 1. The molecule has 0 fully saturated rings. The Labute approximate surface area is 187 Å². The zero-order valence-electron chi connectivity index (χ0n) is 17.1. The SMILES string of the molecule is Nc1cc(CN2C(=O)C(C#Cc3ccccc3)=C(c3ccc(C(F)(F)F)cc3)C2=O)ccn1. The van der Waals surface area contributed by atoms with E-state index >= 15 is 0 Å². The third-order valence-electron chi connectivity index (χ3n) is 4.96. The molecule has 4 rings (SSSR count). The predicted molar refractivity (Wildman–Crippen MR) is 116 cm³/mol. The van der Waals surface area contributed by atoms with Gasteiger partial charge >= 0.3 is 6.18 Å². The first-order chi connectivity index (χ1) is 15.7. The van der Waals surface area contributed by atoms with Crippen LogP contribution in [0.3, 0.4) is 0 Å². The second-order valence-electron chi connectivity index (χ2n) is 7.23. The van der Waals surface area contributed by atoms with Crippen molar-refractivity contribution in [2.24, 2.45) is 0 Å². The average molecular weight is 447 g/mol. The monoisotopic (exact) mass is 447 g/mol. The summed E-state index contributed by atoms with van der Waals surface area (Å²) in [6.45, 7) is -0.0783. The minimum absolute atomic E-state index is 0.0424. The number of aromatic nitrogens is 1. The molecule has 164 valence electrons. The van der Waals surface area contributed by atoms with E-state index in [4.69, 9.17) is 5.73 Å². The van der Waals surface area contributed by atoms with Crippen LogP contribution in [0.15, 0.2) is 78.5 Å². The Bertz CT molecular complexity index is 1320. The maximum absolute atomic E-state index is 13.2. The van der Waals surface area contributed by atoms with Gasteiger partial charge in [-0.25, -0.2) is 4.98 Å². The van der Waals surface area contributed by atoms with Gasteiger partial charge in [0.25, 0.3) is 11.8 Å². The molecule has 2 amide bonds. The lowest BCUT2D eigenvalue weighted by Crippen LogP contribution is -2.31. The van der Waals surface area contributed by atoms with E-state index in [0.717, 1.165) is 17.0 Å². The van der Waals surface area contributed by atoms with Crippen LogP contribution in [-0.4, -0.2) is 21.7 Å². The van der Waals surface area contributed by atoms with Gasteiger partial charge in [-0.15, -0.1) is 0 Å². The molecule has 1 aromatic heterocycles. The summed E-state index contributed by atoms with van der Waals surface area (Å²) in [6.07, 6.45) is -3.07. The highest BCUT2D eigenvalue weighted by Gasteiger charge is 2.39. The van der Waals surface area contributed by atoms with Crippen molar-refractivity contribution < 1.29 is 22.8 Å². The summed E-state index contributed by atoms with van der Waals surface area (Å²) in [4.78, 5) is 31.3. The van der Waals surface area contributed by atoms with E-state index in [-0.39, 0.29) is 29.1 Å². The molecule has 0 atom stereocenters. The van der Waals surface area contributed by atoms with Gasteiger partial charge in [0.1, 0.15) is 11.4 Å². The van der Waals surface area contributed by atoms with E-state index in [0.29, 0.717) is 11.1 Å². The minimum atomic E-state index is -4.52. The summed E-state index contributed by atoms with van der Waals surface area (Å²) < 4.78 is 38.9. The maximum atomic E-state index is 13.2. The summed E-state index contributed by atoms with van der Waals surface area (Å²) in [6, 6.07) is 16.1. The quantitative estimate of drug-likeness (QED) is 0.485. The van der Waals surface area contributed by atoms with Crippen LogP contribution in [0.1, 0.15) is 22.3 Å². The number of amides is 2. The first-order valence-corrected chi connectivity index (χ1v) is 9.79. The van der Waals surface area contributed by atoms with Crippen LogP contribution in [-0.2, 0) is 22.3 Å². The second kappa shape index (κ2) is 8.63. The van der Waals surface area contributed by atoms with Crippen molar-refractivity contribution in [2.75, 3.05) is 5.73 Å². The molecule has 0 unspecified atom stereocenters. The van der Waals surface area contributed by atoms with Gasteiger partial charge in [-0.05, 0) is 47.5 Å². The Balaban J connectivity index is 1.76. The van der Waals surface area contributed by atoms with Crippen molar-refractivity contribution in [2.45, 2.75) is 12.7 Å². The molecule has 33 heavy (non-hydrogen) atoms. The van der Waals surface area contributed by atoms with Gasteiger partial charge in [-0.3, -0.25) is 14.5 Å². The zero-order chi connectivity index (χ0) is 23.6. The number of carbonyl (C=O) groups is 2. The number of alkyl halides is 3. The van der Waals surface area contributed by atoms with E-state index in [1.54, 1.807) is 30.3 Å². The number of halogens is 3. The third kappa shape index (κ3) is 4.62. The van der Waals surface area contributed by atoms with Crippen LogP contribution in [0.5, 0.6) is 0 Å². The molecule has 0 bridgehead atoms. The van der Waals surface area contributed by atoms with Crippen molar-refractivity contribution in [3.05, 3.63) is 101 Å². The highest BCUT2D eigenvalue weighted by molar-refractivity contribution is 6.37. The minimum Gasteiger partial charge on any atom is -0.384 e. The fraction of sp³-hybridized carbons (Fsp3) is 0.0800. The first kappa shape index (κ1) is 21.8. The van der Waals surface area contributed by atoms with Gasteiger partial charge in [-0.1, -0.05) is 42.2 Å². The largest absolute Gasteiger partial charge is 0.416 e. The van der Waals surface area contributed by atoms with Crippen LogP contribution in [0.25, 0.3) is 5.57 Å². The van der Waals surface area contributed by atoms with Gasteiger partial charge in [-0.2, -0.15) is 13.2 Å². The molecule has 2 aromatic carbocycles. The van der Waals surface area contributed by atoms with Crippen molar-refractivity contribution in [1.29, 1.82) is 0 Å². The first-order valence-electron chi connectivity index (χ1n) is 9.79. The molecule has 5 nitrogen and oxygen atoms in total. The number of hydrogen-bond donors (Lipinski definition) is 1. The van der Waals surface area contributed by atoms with Crippen LogP contribution in [0, 0.1) is 11.8 Å². The number of nitrogens with two attached hydrogens (primary N) is 1. The molecule has 1 aliphatic heterocycles. The number of hydrogen-bond acceptors (Lipinski definition) is 4. The predicted octanol–water partition coefficient (Wildman–Crippen LogP) is 4.06. The molecule has 0 aliphatic carbocycles. The standard InChI is InChI=1S/C25H16F3N3O2/c26-25(27,28)19-9-7-18(8-10-19)22-20(11-6-16-4-2-1-3-5-16)23(32)31(24(22)33)15-17-12-13-30-21(29)14-17/h1-5,7-10,12-14H,15H2,(H2,29,30). The number of benzene rings is 2. The summed E-state index contributed by atoms with van der Waals surface area (Å²) in [7, 11) is 0. The third-order valence-corrected chi connectivity index (χ3v) is 4.96. The average Bonchev–Trinajstić information content (AvgIpc) is 3.02. The molecular weight excluding hydrogens is 431 g/mol. The van der Waals surface area contributed by atoms with Crippen molar-refractivity contribution in [3.63, 3.8) is 0 Å². The zero-order valence-corrected chi connectivity index (χ0v) is 17.1. The Kier molecular flexibility index (Phi) is 5.71. The molecule has 1 aliphatic rings. The van der Waals surface area contributed by atoms with Crippen LogP contribution >= 0.6 is 0 Å². The topological polar surface area (TPSA) is 76.3 Å². The van der Waals surface area contributed by atoms with Crippen molar-refractivity contribution in [3.8, 4) is 11.8 Å². The van der Waals surface area contributed by atoms with Gasteiger partial charge in [0, 0.05) is 11.8 Å². The van der Waals surface area contributed by atoms with E-state index in [9.17, 15) is 22.8 Å². The molecule has 0 saturated heterocycles. The summed E-state index contributed by atoms with van der Waals surface area (Å²) in [5.74, 6) is 4.56. The van der Waals surface area contributed by atoms with Gasteiger partial charge in [0.15, 0.2) is 0 Å². The molecule has 8 heteroatoms. The maximum Gasteiger partial charge on any atom is 0.416 e. The lowest BCUT2D eigenvalue weighted by atomic mass is 10.00.